The first-order valence-corrected chi connectivity index (χ1v) is 9.22. The van der Waals surface area contributed by atoms with Crippen LogP contribution in [-0.2, 0) is 9.47 Å². The summed E-state index contributed by atoms with van der Waals surface area (Å²) in [6.45, 7) is 3.52. The van der Waals surface area contributed by atoms with Crippen molar-refractivity contribution >= 4 is 22.4 Å². The average Bonchev–Trinajstić information content (AvgIpc) is 2.72. The van der Waals surface area contributed by atoms with Gasteiger partial charge in [-0.15, -0.1) is 0 Å². The molecule has 0 aliphatic heterocycles. The van der Waals surface area contributed by atoms with Crippen LogP contribution in [0, 0.1) is 6.92 Å². The van der Waals surface area contributed by atoms with Crippen molar-refractivity contribution in [1.29, 1.82) is 0 Å². The largest absolute Gasteiger partial charge is 0.508 e. The molecule has 0 fully saturated rings. The number of rotatable bonds is 10. The van der Waals surface area contributed by atoms with Crippen LogP contribution in [0.3, 0.4) is 0 Å². The Kier molecular flexibility index (Phi) is 7.04. The number of anilines is 2. The van der Waals surface area contributed by atoms with Crippen molar-refractivity contribution in [3.63, 3.8) is 0 Å². The topological polar surface area (TPSA) is 95.0 Å². The molecule has 2 N–H and O–H groups in total. The first-order chi connectivity index (χ1) is 14.1. The van der Waals surface area contributed by atoms with E-state index in [1.165, 1.54) is 6.33 Å². The number of aromatic hydroxyl groups is 1. The summed E-state index contributed by atoms with van der Waals surface area (Å²) in [6.07, 6.45) is 1.48. The zero-order valence-electron chi connectivity index (χ0n) is 16.8. The highest BCUT2D eigenvalue weighted by Gasteiger charge is 2.14. The molecular weight excluding hydrogens is 374 g/mol. The molecule has 0 radical (unpaired) electrons. The zero-order chi connectivity index (χ0) is 20.6. The number of hydrogen-bond acceptors (Lipinski definition) is 8. The van der Waals surface area contributed by atoms with Gasteiger partial charge < -0.3 is 29.4 Å². The fraction of sp³-hybridized carbons (Fsp3) is 0.333. The average molecular weight is 399 g/mol. The molecule has 0 unspecified atom stereocenters. The molecule has 29 heavy (non-hydrogen) atoms. The first kappa shape index (κ1) is 20.6. The molecular formula is C21H25N3O5. The lowest BCUT2D eigenvalue weighted by molar-refractivity contribution is 0.132. The number of ether oxygens (including phenoxy) is 4. The van der Waals surface area contributed by atoms with Gasteiger partial charge in [0.15, 0.2) is 11.5 Å². The van der Waals surface area contributed by atoms with Crippen molar-refractivity contribution in [2.75, 3.05) is 46.0 Å². The summed E-state index contributed by atoms with van der Waals surface area (Å²) in [7, 11) is 3.24. The Labute approximate surface area is 169 Å². The molecule has 0 spiro atoms. The Bertz CT molecular complexity index is 964. The number of phenols is 1. The molecule has 0 saturated carbocycles. The van der Waals surface area contributed by atoms with Crippen LogP contribution in [0.5, 0.6) is 17.2 Å². The van der Waals surface area contributed by atoms with Crippen molar-refractivity contribution in [2.45, 2.75) is 6.92 Å². The molecule has 1 aromatic heterocycles. The minimum Gasteiger partial charge on any atom is -0.508 e. The van der Waals surface area contributed by atoms with E-state index in [9.17, 15) is 5.11 Å². The van der Waals surface area contributed by atoms with Gasteiger partial charge in [0.2, 0.25) is 0 Å². The highest BCUT2D eigenvalue weighted by Crippen LogP contribution is 2.36. The summed E-state index contributed by atoms with van der Waals surface area (Å²) in [5.74, 6) is 1.95. The van der Waals surface area contributed by atoms with E-state index in [0.29, 0.717) is 49.3 Å². The Morgan fingerprint density at radius 2 is 1.62 bits per heavy atom. The van der Waals surface area contributed by atoms with Crippen LogP contribution in [0.25, 0.3) is 10.9 Å². The second-order valence-electron chi connectivity index (χ2n) is 6.30. The number of benzene rings is 2. The predicted molar refractivity (Wildman–Crippen MR) is 110 cm³/mol. The van der Waals surface area contributed by atoms with Crippen molar-refractivity contribution in [1.82, 2.24) is 9.97 Å². The fourth-order valence-corrected chi connectivity index (χ4v) is 2.75. The van der Waals surface area contributed by atoms with Crippen LogP contribution in [0.2, 0.25) is 0 Å². The molecule has 0 amide bonds. The van der Waals surface area contributed by atoms with Gasteiger partial charge in [-0.2, -0.15) is 0 Å². The Morgan fingerprint density at radius 3 is 2.31 bits per heavy atom. The summed E-state index contributed by atoms with van der Waals surface area (Å²) in [6, 6.07) is 8.95. The minimum absolute atomic E-state index is 0.214. The molecule has 154 valence electrons. The maximum atomic E-state index is 9.96. The molecule has 3 rings (SSSR count). The van der Waals surface area contributed by atoms with Crippen molar-refractivity contribution in [3.05, 3.63) is 42.2 Å². The van der Waals surface area contributed by atoms with Gasteiger partial charge in [-0.1, -0.05) is 6.07 Å². The number of nitrogens with one attached hydrogen (secondary N) is 1. The van der Waals surface area contributed by atoms with Gasteiger partial charge in [0.1, 0.15) is 31.1 Å². The Hall–Kier alpha value is -3.10. The number of nitrogens with zero attached hydrogens (tertiary/aromatic N) is 2. The Morgan fingerprint density at radius 1 is 0.931 bits per heavy atom. The highest BCUT2D eigenvalue weighted by molar-refractivity contribution is 5.93. The normalized spacial score (nSPS) is 10.9. The number of methoxy groups -OCH3 is 2. The molecule has 1 heterocycles. The van der Waals surface area contributed by atoms with Crippen molar-refractivity contribution in [2.24, 2.45) is 0 Å². The van der Waals surface area contributed by atoms with Gasteiger partial charge in [0, 0.05) is 36.9 Å². The third-order valence-corrected chi connectivity index (χ3v) is 4.35. The minimum atomic E-state index is 0.214. The first-order valence-electron chi connectivity index (χ1n) is 9.22. The van der Waals surface area contributed by atoms with Crippen LogP contribution in [0.4, 0.5) is 11.5 Å². The maximum absolute atomic E-state index is 9.96. The van der Waals surface area contributed by atoms with E-state index in [-0.39, 0.29) is 5.75 Å². The van der Waals surface area contributed by atoms with Gasteiger partial charge in [-0.3, -0.25) is 0 Å². The van der Waals surface area contributed by atoms with Crippen LogP contribution >= 0.6 is 0 Å². The van der Waals surface area contributed by atoms with Crippen molar-refractivity contribution in [3.8, 4) is 17.2 Å². The van der Waals surface area contributed by atoms with Crippen LogP contribution in [0.15, 0.2) is 36.7 Å². The lowest BCUT2D eigenvalue weighted by Gasteiger charge is -2.16. The van der Waals surface area contributed by atoms with E-state index in [4.69, 9.17) is 18.9 Å². The van der Waals surface area contributed by atoms with E-state index in [1.54, 1.807) is 26.4 Å². The van der Waals surface area contributed by atoms with Gasteiger partial charge in [-0.05, 0) is 25.1 Å². The van der Waals surface area contributed by atoms with E-state index >= 15 is 0 Å². The van der Waals surface area contributed by atoms with E-state index in [0.717, 1.165) is 16.6 Å². The maximum Gasteiger partial charge on any atom is 0.163 e. The molecule has 0 aliphatic carbocycles. The quantitative estimate of drug-likeness (QED) is 0.501. The molecule has 0 saturated heterocycles. The second kappa shape index (κ2) is 9.90. The number of fused-ring (bicyclic) bond motifs is 1. The molecule has 0 atom stereocenters. The van der Waals surface area contributed by atoms with Crippen LogP contribution in [0.1, 0.15) is 5.56 Å². The molecule has 8 nitrogen and oxygen atoms in total. The number of phenolic OH excluding ortho intramolecular Hbond substituents is 1. The fourth-order valence-electron chi connectivity index (χ4n) is 2.75. The summed E-state index contributed by atoms with van der Waals surface area (Å²) in [5, 5.41) is 14.0. The molecule has 0 aliphatic rings. The molecule has 8 heteroatoms. The lowest BCUT2D eigenvalue weighted by atomic mass is 10.1. The number of hydrogen-bond donors (Lipinski definition) is 2. The third kappa shape index (κ3) is 5.04. The zero-order valence-corrected chi connectivity index (χ0v) is 16.8. The van der Waals surface area contributed by atoms with Crippen LogP contribution < -0.4 is 14.8 Å². The lowest BCUT2D eigenvalue weighted by Crippen LogP contribution is -2.09. The molecule has 3 aromatic rings. The van der Waals surface area contributed by atoms with E-state index in [2.05, 4.69) is 15.3 Å². The summed E-state index contributed by atoms with van der Waals surface area (Å²) < 4.78 is 21.8. The summed E-state index contributed by atoms with van der Waals surface area (Å²) in [4.78, 5) is 8.73. The standard InChI is InChI=1S/C21H25N3O5/c1-14-16(5-4-6-18(14)25)24-21-15-11-19(28-9-7-26-2)20(29-10-8-27-3)12-17(15)22-13-23-21/h4-6,11-13,25H,7-10H2,1-3H3,(H,22,23,24). The Balaban J connectivity index is 1.98. The SMILES string of the molecule is COCCOc1cc2ncnc(Nc3cccc(O)c3C)c2cc1OCCOC. The third-order valence-electron chi connectivity index (χ3n) is 4.35. The van der Waals surface area contributed by atoms with Gasteiger partial charge >= 0.3 is 0 Å². The van der Waals surface area contributed by atoms with E-state index < -0.39 is 0 Å². The van der Waals surface area contributed by atoms with Crippen LogP contribution in [-0.4, -0.2) is 55.7 Å². The summed E-state index contributed by atoms with van der Waals surface area (Å²) in [5.41, 5.74) is 2.19. The molecule has 2 aromatic carbocycles. The summed E-state index contributed by atoms with van der Waals surface area (Å²) >= 11 is 0. The smallest absolute Gasteiger partial charge is 0.163 e. The monoisotopic (exact) mass is 399 g/mol. The van der Waals surface area contributed by atoms with E-state index in [1.807, 2.05) is 25.1 Å². The predicted octanol–water partition coefficient (Wildman–Crippen LogP) is 3.44. The van der Waals surface area contributed by atoms with Gasteiger partial charge in [0.05, 0.1) is 18.7 Å². The number of aromatic nitrogens is 2. The molecule has 0 bridgehead atoms. The van der Waals surface area contributed by atoms with Gasteiger partial charge in [0.25, 0.3) is 0 Å². The highest BCUT2D eigenvalue weighted by atomic mass is 16.5. The van der Waals surface area contributed by atoms with Gasteiger partial charge in [-0.25, -0.2) is 9.97 Å². The van der Waals surface area contributed by atoms with Crippen molar-refractivity contribution < 1.29 is 24.1 Å². The second-order valence-corrected chi connectivity index (χ2v) is 6.30.